The van der Waals surface area contributed by atoms with Crippen LogP contribution in [-0.4, -0.2) is 30.4 Å². The molecule has 8 heteroatoms. The first-order valence-electron chi connectivity index (χ1n) is 7.58. The van der Waals surface area contributed by atoms with E-state index in [9.17, 15) is 4.79 Å². The second-order valence-corrected chi connectivity index (χ2v) is 6.07. The topological polar surface area (TPSA) is 83.7 Å². The first kappa shape index (κ1) is 17.9. The molecule has 7 nitrogen and oxygen atoms in total. The summed E-state index contributed by atoms with van der Waals surface area (Å²) < 4.78 is 22.2. The molecule has 3 rings (SSSR count). The highest BCUT2D eigenvalue weighted by molar-refractivity contribution is 9.10. The largest absolute Gasteiger partial charge is 0.493 e. The standard InChI is InChI=1S/C18H15BrN2O5/c1-23-15-9-12(18(22)24-2)5-8-14(15)25-10-16-20-21-17(26-16)11-3-6-13(19)7-4-11/h3-9H,10H2,1-2H3. The molecule has 26 heavy (non-hydrogen) atoms. The molecule has 0 unspecified atom stereocenters. The molecular weight excluding hydrogens is 404 g/mol. The molecule has 0 radical (unpaired) electrons. The monoisotopic (exact) mass is 418 g/mol. The van der Waals surface area contributed by atoms with E-state index in [0.717, 1.165) is 10.0 Å². The van der Waals surface area contributed by atoms with E-state index in [1.807, 2.05) is 24.3 Å². The van der Waals surface area contributed by atoms with Gasteiger partial charge in [-0.15, -0.1) is 10.2 Å². The lowest BCUT2D eigenvalue weighted by Crippen LogP contribution is -2.03. The van der Waals surface area contributed by atoms with Crippen molar-refractivity contribution in [3.63, 3.8) is 0 Å². The second kappa shape index (κ2) is 8.01. The molecular formula is C18H15BrN2O5. The van der Waals surface area contributed by atoms with Gasteiger partial charge in [0.05, 0.1) is 19.8 Å². The van der Waals surface area contributed by atoms with Crippen molar-refractivity contribution in [2.75, 3.05) is 14.2 Å². The molecule has 2 aromatic carbocycles. The summed E-state index contributed by atoms with van der Waals surface area (Å²) in [4.78, 5) is 11.6. The van der Waals surface area contributed by atoms with Crippen molar-refractivity contribution in [2.24, 2.45) is 0 Å². The molecule has 1 aromatic heterocycles. The summed E-state index contributed by atoms with van der Waals surface area (Å²) >= 11 is 3.38. The van der Waals surface area contributed by atoms with Gasteiger partial charge in [0, 0.05) is 10.0 Å². The van der Waals surface area contributed by atoms with Crippen LogP contribution < -0.4 is 9.47 Å². The molecule has 0 aliphatic rings. The second-order valence-electron chi connectivity index (χ2n) is 5.15. The van der Waals surface area contributed by atoms with E-state index in [-0.39, 0.29) is 6.61 Å². The van der Waals surface area contributed by atoms with Crippen LogP contribution in [0.5, 0.6) is 11.5 Å². The van der Waals surface area contributed by atoms with Crippen LogP contribution in [0.3, 0.4) is 0 Å². The van der Waals surface area contributed by atoms with Crippen molar-refractivity contribution in [2.45, 2.75) is 6.61 Å². The van der Waals surface area contributed by atoms with Crippen molar-refractivity contribution >= 4 is 21.9 Å². The number of hydrogen-bond donors (Lipinski definition) is 0. The molecule has 0 saturated heterocycles. The maximum absolute atomic E-state index is 11.6. The predicted octanol–water partition coefficient (Wildman–Crippen LogP) is 3.87. The predicted molar refractivity (Wildman–Crippen MR) is 96.1 cm³/mol. The van der Waals surface area contributed by atoms with Crippen LogP contribution in [0.2, 0.25) is 0 Å². The van der Waals surface area contributed by atoms with Gasteiger partial charge < -0.3 is 18.6 Å². The first-order valence-corrected chi connectivity index (χ1v) is 8.37. The number of benzene rings is 2. The van der Waals surface area contributed by atoms with Crippen molar-refractivity contribution < 1.29 is 23.4 Å². The Bertz CT molecular complexity index is 908. The average Bonchev–Trinajstić information content (AvgIpc) is 3.15. The lowest BCUT2D eigenvalue weighted by molar-refractivity contribution is 0.0600. The van der Waals surface area contributed by atoms with Crippen LogP contribution >= 0.6 is 15.9 Å². The van der Waals surface area contributed by atoms with E-state index in [2.05, 4.69) is 30.9 Å². The van der Waals surface area contributed by atoms with E-state index >= 15 is 0 Å². The first-order chi connectivity index (χ1) is 12.6. The Labute approximate surface area is 158 Å². The number of carbonyl (C=O) groups excluding carboxylic acids is 1. The fraction of sp³-hybridized carbons (Fsp3) is 0.167. The third kappa shape index (κ3) is 4.02. The minimum Gasteiger partial charge on any atom is -0.493 e. The normalized spacial score (nSPS) is 10.4. The summed E-state index contributed by atoms with van der Waals surface area (Å²) in [6, 6.07) is 12.3. The van der Waals surface area contributed by atoms with Crippen molar-refractivity contribution in [1.29, 1.82) is 0 Å². The minimum atomic E-state index is -0.453. The molecule has 0 saturated carbocycles. The number of carbonyl (C=O) groups is 1. The summed E-state index contributed by atoms with van der Waals surface area (Å²) in [7, 11) is 2.80. The smallest absolute Gasteiger partial charge is 0.337 e. The van der Waals surface area contributed by atoms with Gasteiger partial charge in [0.15, 0.2) is 18.1 Å². The Kier molecular flexibility index (Phi) is 5.52. The van der Waals surface area contributed by atoms with Crippen LogP contribution in [0, 0.1) is 0 Å². The Morgan fingerprint density at radius 2 is 1.85 bits per heavy atom. The molecule has 134 valence electrons. The summed E-state index contributed by atoms with van der Waals surface area (Å²) in [6.45, 7) is 0.0669. The van der Waals surface area contributed by atoms with Crippen molar-refractivity contribution in [1.82, 2.24) is 10.2 Å². The summed E-state index contributed by atoms with van der Waals surface area (Å²) in [5, 5.41) is 7.99. The van der Waals surface area contributed by atoms with Gasteiger partial charge in [0.2, 0.25) is 5.89 Å². The van der Waals surface area contributed by atoms with E-state index in [0.29, 0.717) is 28.8 Å². The molecule has 0 N–H and O–H groups in total. The summed E-state index contributed by atoms with van der Waals surface area (Å²) in [6.07, 6.45) is 0. The number of esters is 1. The van der Waals surface area contributed by atoms with Crippen LogP contribution in [0.1, 0.15) is 16.2 Å². The number of hydrogen-bond acceptors (Lipinski definition) is 7. The molecule has 0 fully saturated rings. The Balaban J connectivity index is 1.71. The zero-order chi connectivity index (χ0) is 18.5. The van der Waals surface area contributed by atoms with Crippen LogP contribution in [0.15, 0.2) is 51.4 Å². The number of nitrogens with zero attached hydrogens (tertiary/aromatic N) is 2. The molecule has 0 atom stereocenters. The Morgan fingerprint density at radius 3 is 2.54 bits per heavy atom. The Hall–Kier alpha value is -2.87. The molecule has 0 spiro atoms. The molecule has 0 bridgehead atoms. The molecule has 1 heterocycles. The van der Waals surface area contributed by atoms with E-state index < -0.39 is 5.97 Å². The maximum atomic E-state index is 11.6. The lowest BCUT2D eigenvalue weighted by atomic mass is 10.2. The highest BCUT2D eigenvalue weighted by Gasteiger charge is 2.13. The van der Waals surface area contributed by atoms with Crippen molar-refractivity contribution in [3.8, 4) is 23.0 Å². The van der Waals surface area contributed by atoms with Crippen molar-refractivity contribution in [3.05, 3.63) is 58.4 Å². The van der Waals surface area contributed by atoms with Gasteiger partial charge in [-0.25, -0.2) is 4.79 Å². The molecule has 0 amide bonds. The zero-order valence-electron chi connectivity index (χ0n) is 14.1. The fourth-order valence-electron chi connectivity index (χ4n) is 2.19. The molecule has 0 aliphatic heterocycles. The Morgan fingerprint density at radius 1 is 1.08 bits per heavy atom. The average molecular weight is 419 g/mol. The third-order valence-corrected chi connectivity index (χ3v) is 4.02. The summed E-state index contributed by atoms with van der Waals surface area (Å²) in [5.74, 6) is 1.13. The van der Waals surface area contributed by atoms with Gasteiger partial charge in [-0.3, -0.25) is 0 Å². The van der Waals surface area contributed by atoms with Gasteiger partial charge in [0.25, 0.3) is 5.89 Å². The minimum absolute atomic E-state index is 0.0669. The number of ether oxygens (including phenoxy) is 3. The summed E-state index contributed by atoms with van der Waals surface area (Å²) in [5.41, 5.74) is 1.18. The van der Waals surface area contributed by atoms with Crippen LogP contribution in [0.25, 0.3) is 11.5 Å². The number of rotatable bonds is 6. The highest BCUT2D eigenvalue weighted by atomic mass is 79.9. The van der Waals surface area contributed by atoms with E-state index in [1.165, 1.54) is 14.2 Å². The number of methoxy groups -OCH3 is 2. The van der Waals surface area contributed by atoms with Crippen LogP contribution in [-0.2, 0) is 11.3 Å². The number of aromatic nitrogens is 2. The van der Waals surface area contributed by atoms with Gasteiger partial charge in [0.1, 0.15) is 0 Å². The van der Waals surface area contributed by atoms with Gasteiger partial charge in [-0.1, -0.05) is 15.9 Å². The highest BCUT2D eigenvalue weighted by Crippen LogP contribution is 2.29. The quantitative estimate of drug-likeness (QED) is 0.561. The molecule has 3 aromatic rings. The zero-order valence-corrected chi connectivity index (χ0v) is 15.6. The SMILES string of the molecule is COC(=O)c1ccc(OCc2nnc(-c3ccc(Br)cc3)o2)c(OC)c1. The van der Waals surface area contributed by atoms with Crippen LogP contribution in [0.4, 0.5) is 0 Å². The maximum Gasteiger partial charge on any atom is 0.337 e. The number of halogens is 1. The van der Waals surface area contributed by atoms with Gasteiger partial charge in [-0.2, -0.15) is 0 Å². The fourth-order valence-corrected chi connectivity index (χ4v) is 2.46. The third-order valence-electron chi connectivity index (χ3n) is 3.49. The van der Waals surface area contributed by atoms with E-state index in [4.69, 9.17) is 13.9 Å². The van der Waals surface area contributed by atoms with E-state index in [1.54, 1.807) is 18.2 Å². The van der Waals surface area contributed by atoms with Gasteiger partial charge in [-0.05, 0) is 42.5 Å². The van der Waals surface area contributed by atoms with Gasteiger partial charge >= 0.3 is 5.97 Å². The lowest BCUT2D eigenvalue weighted by Gasteiger charge is -2.10. The molecule has 0 aliphatic carbocycles.